The van der Waals surface area contributed by atoms with Gasteiger partial charge in [0.1, 0.15) is 6.61 Å². The first-order chi connectivity index (χ1) is 5.86. The highest BCUT2D eigenvalue weighted by Gasteiger charge is 1.92. The Morgan fingerprint density at radius 2 is 1.83 bits per heavy atom. The molecule has 0 bridgehead atoms. The van der Waals surface area contributed by atoms with E-state index in [9.17, 15) is 0 Å². The van der Waals surface area contributed by atoms with Crippen LogP contribution in [0.1, 0.15) is 18.1 Å². The third-order valence-electron chi connectivity index (χ3n) is 1.73. The van der Waals surface area contributed by atoms with Crippen LogP contribution in [0.25, 0.3) is 0 Å². The largest absolute Gasteiger partial charge is 0.423 e. The topological polar surface area (TPSA) is 33.0 Å². The van der Waals surface area contributed by atoms with Crippen LogP contribution in [0.4, 0.5) is 0 Å². The zero-order valence-electron chi connectivity index (χ0n) is 7.08. The SMILES string of the molecule is CCc1ccc(COC#N)cc1. The summed E-state index contributed by atoms with van der Waals surface area (Å²) in [7, 11) is 0. The Morgan fingerprint density at radius 3 is 2.33 bits per heavy atom. The molecule has 0 aliphatic carbocycles. The van der Waals surface area contributed by atoms with Crippen molar-refractivity contribution in [3.8, 4) is 6.26 Å². The van der Waals surface area contributed by atoms with Crippen LogP contribution in [0, 0.1) is 11.5 Å². The Labute approximate surface area is 72.4 Å². The molecule has 0 saturated carbocycles. The van der Waals surface area contributed by atoms with E-state index >= 15 is 0 Å². The Hall–Kier alpha value is -1.49. The van der Waals surface area contributed by atoms with E-state index < -0.39 is 0 Å². The van der Waals surface area contributed by atoms with Crippen LogP contribution in [-0.2, 0) is 17.8 Å². The van der Waals surface area contributed by atoms with Gasteiger partial charge in [0.25, 0.3) is 6.26 Å². The monoisotopic (exact) mass is 161 g/mol. The molecular weight excluding hydrogens is 150 g/mol. The van der Waals surface area contributed by atoms with Gasteiger partial charge in [0.2, 0.25) is 0 Å². The van der Waals surface area contributed by atoms with Crippen molar-refractivity contribution in [2.45, 2.75) is 20.0 Å². The van der Waals surface area contributed by atoms with Crippen molar-refractivity contribution in [3.63, 3.8) is 0 Å². The molecule has 0 aliphatic heterocycles. The van der Waals surface area contributed by atoms with E-state index in [-0.39, 0.29) is 0 Å². The molecule has 0 N–H and O–H groups in total. The molecule has 1 aromatic carbocycles. The van der Waals surface area contributed by atoms with Gasteiger partial charge in [0.05, 0.1) is 0 Å². The Bertz CT molecular complexity index is 271. The van der Waals surface area contributed by atoms with Crippen molar-refractivity contribution in [2.75, 3.05) is 0 Å². The second-order valence-corrected chi connectivity index (χ2v) is 2.55. The van der Waals surface area contributed by atoms with Gasteiger partial charge >= 0.3 is 0 Å². The van der Waals surface area contributed by atoms with Crippen molar-refractivity contribution in [3.05, 3.63) is 35.4 Å². The van der Waals surface area contributed by atoms with Gasteiger partial charge in [-0.1, -0.05) is 31.2 Å². The Morgan fingerprint density at radius 1 is 1.25 bits per heavy atom. The van der Waals surface area contributed by atoms with Gasteiger partial charge in [0, 0.05) is 0 Å². The summed E-state index contributed by atoms with van der Waals surface area (Å²) in [5.74, 6) is 0. The van der Waals surface area contributed by atoms with E-state index in [0.29, 0.717) is 6.61 Å². The molecule has 2 nitrogen and oxygen atoms in total. The Kier molecular flexibility index (Phi) is 3.16. The van der Waals surface area contributed by atoms with Crippen LogP contribution in [0.5, 0.6) is 0 Å². The van der Waals surface area contributed by atoms with Crippen LogP contribution >= 0.6 is 0 Å². The van der Waals surface area contributed by atoms with Gasteiger partial charge in [-0.25, -0.2) is 0 Å². The molecule has 0 aromatic heterocycles. The third-order valence-corrected chi connectivity index (χ3v) is 1.73. The maximum Gasteiger partial charge on any atom is 0.286 e. The molecule has 1 aromatic rings. The smallest absolute Gasteiger partial charge is 0.286 e. The maximum atomic E-state index is 8.16. The van der Waals surface area contributed by atoms with Crippen molar-refractivity contribution in [2.24, 2.45) is 0 Å². The molecule has 0 unspecified atom stereocenters. The fraction of sp³-hybridized carbons (Fsp3) is 0.300. The summed E-state index contributed by atoms with van der Waals surface area (Å²) in [6.45, 7) is 2.49. The molecule has 2 heteroatoms. The minimum Gasteiger partial charge on any atom is -0.423 e. The minimum atomic E-state index is 0.375. The molecule has 0 amide bonds. The molecule has 0 aliphatic rings. The van der Waals surface area contributed by atoms with Crippen LogP contribution in [0.15, 0.2) is 24.3 Å². The van der Waals surface area contributed by atoms with Crippen molar-refractivity contribution in [1.82, 2.24) is 0 Å². The van der Waals surface area contributed by atoms with Gasteiger partial charge < -0.3 is 4.74 Å². The van der Waals surface area contributed by atoms with Crippen LogP contribution in [0.3, 0.4) is 0 Å². The Balaban J connectivity index is 2.60. The van der Waals surface area contributed by atoms with Crippen LogP contribution in [-0.4, -0.2) is 0 Å². The van der Waals surface area contributed by atoms with Crippen molar-refractivity contribution < 1.29 is 4.74 Å². The van der Waals surface area contributed by atoms with Crippen molar-refractivity contribution in [1.29, 1.82) is 5.26 Å². The number of rotatable bonds is 3. The highest BCUT2D eigenvalue weighted by molar-refractivity contribution is 5.21. The fourth-order valence-corrected chi connectivity index (χ4v) is 0.987. The summed E-state index contributed by atoms with van der Waals surface area (Å²) in [5.41, 5.74) is 2.34. The number of aryl methyl sites for hydroxylation is 1. The lowest BCUT2D eigenvalue weighted by Gasteiger charge is -1.99. The fourth-order valence-electron chi connectivity index (χ4n) is 0.987. The van der Waals surface area contributed by atoms with Gasteiger partial charge in [-0.3, -0.25) is 0 Å². The molecule has 0 fully saturated rings. The van der Waals surface area contributed by atoms with Gasteiger partial charge in [0.15, 0.2) is 0 Å². The quantitative estimate of drug-likeness (QED) is 0.637. The number of nitrogens with zero attached hydrogens (tertiary/aromatic N) is 1. The van der Waals surface area contributed by atoms with Crippen LogP contribution < -0.4 is 0 Å². The number of hydrogen-bond acceptors (Lipinski definition) is 2. The highest BCUT2D eigenvalue weighted by Crippen LogP contribution is 2.05. The summed E-state index contributed by atoms with van der Waals surface area (Å²) in [6.07, 6.45) is 2.69. The highest BCUT2D eigenvalue weighted by atomic mass is 16.5. The molecule has 0 spiro atoms. The third kappa shape index (κ3) is 2.28. The average Bonchev–Trinajstić information content (AvgIpc) is 2.15. The van der Waals surface area contributed by atoms with E-state index in [0.717, 1.165) is 12.0 Å². The van der Waals surface area contributed by atoms with Gasteiger partial charge in [-0.15, -0.1) is 0 Å². The maximum absolute atomic E-state index is 8.16. The summed E-state index contributed by atoms with van der Waals surface area (Å²) in [5, 5.41) is 8.16. The molecule has 1 rings (SSSR count). The first-order valence-electron chi connectivity index (χ1n) is 3.95. The van der Waals surface area contributed by atoms with Crippen LogP contribution in [0.2, 0.25) is 0 Å². The number of ether oxygens (including phenoxy) is 1. The number of nitriles is 1. The standard InChI is InChI=1S/C10H11NO/c1-2-9-3-5-10(6-4-9)7-12-8-11/h3-6H,2,7H2,1H3. The summed E-state index contributed by atoms with van der Waals surface area (Å²) < 4.78 is 4.60. The second-order valence-electron chi connectivity index (χ2n) is 2.55. The van der Waals surface area contributed by atoms with Gasteiger partial charge in [-0.05, 0) is 17.5 Å². The predicted octanol–water partition coefficient (Wildman–Crippen LogP) is 2.25. The molecule has 0 atom stereocenters. The van der Waals surface area contributed by atoms with E-state index in [1.807, 2.05) is 12.1 Å². The first-order valence-corrected chi connectivity index (χ1v) is 3.95. The lowest BCUT2D eigenvalue weighted by atomic mass is 10.1. The van der Waals surface area contributed by atoms with Gasteiger partial charge in [-0.2, -0.15) is 5.26 Å². The summed E-state index contributed by atoms with van der Waals surface area (Å²) >= 11 is 0. The molecule has 12 heavy (non-hydrogen) atoms. The summed E-state index contributed by atoms with van der Waals surface area (Å²) in [6, 6.07) is 8.07. The molecule has 0 heterocycles. The lowest BCUT2D eigenvalue weighted by Crippen LogP contribution is -1.87. The first kappa shape index (κ1) is 8.61. The number of hydrogen-bond donors (Lipinski definition) is 0. The second kappa shape index (κ2) is 4.40. The summed E-state index contributed by atoms with van der Waals surface area (Å²) in [4.78, 5) is 0. The lowest BCUT2D eigenvalue weighted by molar-refractivity contribution is 0.257. The average molecular weight is 161 g/mol. The molecule has 62 valence electrons. The zero-order valence-corrected chi connectivity index (χ0v) is 7.08. The normalized spacial score (nSPS) is 9.00. The minimum absolute atomic E-state index is 0.375. The van der Waals surface area contributed by atoms with E-state index in [4.69, 9.17) is 5.26 Å². The molecule has 0 radical (unpaired) electrons. The molecular formula is C10H11NO. The van der Waals surface area contributed by atoms with Crippen molar-refractivity contribution >= 4 is 0 Å². The zero-order chi connectivity index (χ0) is 8.81. The number of benzene rings is 1. The van der Waals surface area contributed by atoms with E-state index in [1.54, 1.807) is 6.26 Å². The van der Waals surface area contributed by atoms with E-state index in [1.165, 1.54) is 5.56 Å². The van der Waals surface area contributed by atoms with E-state index in [2.05, 4.69) is 23.8 Å². The predicted molar refractivity (Wildman–Crippen MR) is 46.2 cm³/mol. The molecule has 0 saturated heterocycles.